The van der Waals surface area contributed by atoms with Crippen molar-refractivity contribution >= 4 is 5.82 Å². The van der Waals surface area contributed by atoms with E-state index in [1.807, 2.05) is 13.8 Å². The number of benzene rings is 1. The third-order valence-corrected chi connectivity index (χ3v) is 3.48. The van der Waals surface area contributed by atoms with Gasteiger partial charge in [0.2, 0.25) is 0 Å². The van der Waals surface area contributed by atoms with Gasteiger partial charge >= 0.3 is 0 Å². The summed E-state index contributed by atoms with van der Waals surface area (Å²) >= 11 is 0. The van der Waals surface area contributed by atoms with E-state index in [-0.39, 0.29) is 0 Å². The lowest BCUT2D eigenvalue weighted by Crippen LogP contribution is -2.08. The fourth-order valence-corrected chi connectivity index (χ4v) is 2.05. The molecule has 1 aromatic heterocycles. The van der Waals surface area contributed by atoms with Crippen LogP contribution in [0, 0.1) is 25.2 Å². The summed E-state index contributed by atoms with van der Waals surface area (Å²) in [5, 5.41) is 20.6. The molecular formula is C16H19N5. The SMILES string of the molecule is Cc1nnc(NCc2ccc(CCN)cc2)c(C#N)c1C. The van der Waals surface area contributed by atoms with Crippen LogP contribution in [0.15, 0.2) is 24.3 Å². The summed E-state index contributed by atoms with van der Waals surface area (Å²) in [5.74, 6) is 0.534. The number of rotatable bonds is 5. The third-order valence-electron chi connectivity index (χ3n) is 3.48. The summed E-state index contributed by atoms with van der Waals surface area (Å²) in [6, 6.07) is 10.4. The Morgan fingerprint density at radius 2 is 1.81 bits per heavy atom. The lowest BCUT2D eigenvalue weighted by Gasteiger charge is -2.10. The molecule has 108 valence electrons. The van der Waals surface area contributed by atoms with Gasteiger partial charge in [0.05, 0.1) is 5.69 Å². The monoisotopic (exact) mass is 281 g/mol. The van der Waals surface area contributed by atoms with Crippen LogP contribution in [-0.2, 0) is 13.0 Å². The van der Waals surface area contributed by atoms with Crippen LogP contribution in [0.5, 0.6) is 0 Å². The molecule has 0 saturated carbocycles. The van der Waals surface area contributed by atoms with E-state index in [0.717, 1.165) is 23.2 Å². The summed E-state index contributed by atoms with van der Waals surface area (Å²) in [4.78, 5) is 0. The first kappa shape index (κ1) is 14.9. The molecule has 2 aromatic rings. The molecule has 0 fully saturated rings. The van der Waals surface area contributed by atoms with Crippen molar-refractivity contribution in [2.75, 3.05) is 11.9 Å². The predicted octanol–water partition coefficient (Wildman–Crippen LogP) is 2.08. The van der Waals surface area contributed by atoms with Gasteiger partial charge in [-0.2, -0.15) is 10.4 Å². The van der Waals surface area contributed by atoms with E-state index in [1.165, 1.54) is 5.56 Å². The Balaban J connectivity index is 2.10. The molecule has 0 atom stereocenters. The zero-order valence-electron chi connectivity index (χ0n) is 12.3. The molecule has 0 aliphatic heterocycles. The second-order valence-corrected chi connectivity index (χ2v) is 4.95. The van der Waals surface area contributed by atoms with Crippen molar-refractivity contribution in [2.45, 2.75) is 26.8 Å². The molecule has 1 heterocycles. The maximum Gasteiger partial charge on any atom is 0.167 e. The summed E-state index contributed by atoms with van der Waals surface area (Å²) in [6.07, 6.45) is 0.884. The molecule has 0 bridgehead atoms. The van der Waals surface area contributed by atoms with Gasteiger partial charge in [-0.05, 0) is 43.5 Å². The number of hydrogen-bond acceptors (Lipinski definition) is 5. The van der Waals surface area contributed by atoms with Crippen LogP contribution in [0.1, 0.15) is 27.9 Å². The Bertz CT molecular complexity index is 656. The second kappa shape index (κ2) is 6.82. The van der Waals surface area contributed by atoms with Gasteiger partial charge in [0.1, 0.15) is 11.6 Å². The number of nitriles is 1. The molecule has 0 unspecified atom stereocenters. The Labute approximate surface area is 124 Å². The highest BCUT2D eigenvalue weighted by Crippen LogP contribution is 2.18. The maximum absolute atomic E-state index is 9.25. The maximum atomic E-state index is 9.25. The zero-order chi connectivity index (χ0) is 15.2. The minimum absolute atomic E-state index is 0.534. The summed E-state index contributed by atoms with van der Waals surface area (Å²) < 4.78 is 0. The van der Waals surface area contributed by atoms with E-state index in [4.69, 9.17) is 5.73 Å². The minimum Gasteiger partial charge on any atom is -0.363 e. The smallest absolute Gasteiger partial charge is 0.167 e. The van der Waals surface area contributed by atoms with E-state index < -0.39 is 0 Å². The van der Waals surface area contributed by atoms with Crippen molar-refractivity contribution < 1.29 is 0 Å². The molecule has 5 nitrogen and oxygen atoms in total. The second-order valence-electron chi connectivity index (χ2n) is 4.95. The molecule has 2 rings (SSSR count). The van der Waals surface area contributed by atoms with Crippen LogP contribution in [0.25, 0.3) is 0 Å². The molecule has 0 radical (unpaired) electrons. The Morgan fingerprint density at radius 1 is 1.14 bits per heavy atom. The lowest BCUT2D eigenvalue weighted by molar-refractivity contribution is 0.939. The van der Waals surface area contributed by atoms with Crippen molar-refractivity contribution in [2.24, 2.45) is 5.73 Å². The van der Waals surface area contributed by atoms with Crippen LogP contribution in [0.2, 0.25) is 0 Å². The molecule has 0 saturated heterocycles. The van der Waals surface area contributed by atoms with E-state index in [9.17, 15) is 5.26 Å². The number of nitrogens with zero attached hydrogens (tertiary/aromatic N) is 3. The minimum atomic E-state index is 0.534. The molecule has 0 aliphatic carbocycles. The highest BCUT2D eigenvalue weighted by molar-refractivity contribution is 5.55. The molecule has 21 heavy (non-hydrogen) atoms. The van der Waals surface area contributed by atoms with Gasteiger partial charge in [0.25, 0.3) is 0 Å². The van der Waals surface area contributed by atoms with Crippen molar-refractivity contribution in [3.05, 3.63) is 52.2 Å². The molecule has 3 N–H and O–H groups in total. The van der Waals surface area contributed by atoms with E-state index in [0.29, 0.717) is 24.5 Å². The van der Waals surface area contributed by atoms with Gasteiger partial charge < -0.3 is 11.1 Å². The van der Waals surface area contributed by atoms with Gasteiger partial charge in [-0.25, -0.2) is 0 Å². The Kier molecular flexibility index (Phi) is 4.85. The van der Waals surface area contributed by atoms with Gasteiger partial charge in [-0.3, -0.25) is 0 Å². The van der Waals surface area contributed by atoms with Crippen molar-refractivity contribution in [1.82, 2.24) is 10.2 Å². The molecular weight excluding hydrogens is 262 g/mol. The van der Waals surface area contributed by atoms with Crippen LogP contribution in [-0.4, -0.2) is 16.7 Å². The number of aromatic nitrogens is 2. The standard InChI is InChI=1S/C16H19N5/c1-11-12(2)20-21-16(15(11)9-18)19-10-14-5-3-13(4-6-14)7-8-17/h3-6H,7-8,10,17H2,1-2H3,(H,19,21). The largest absolute Gasteiger partial charge is 0.363 e. The van der Waals surface area contributed by atoms with Gasteiger partial charge in [0, 0.05) is 6.54 Å². The summed E-state index contributed by atoms with van der Waals surface area (Å²) in [5.41, 5.74) is 10.1. The first-order valence-electron chi connectivity index (χ1n) is 6.91. The zero-order valence-corrected chi connectivity index (χ0v) is 12.3. The highest BCUT2D eigenvalue weighted by atomic mass is 15.2. The number of nitrogens with two attached hydrogens (primary N) is 1. The first-order valence-corrected chi connectivity index (χ1v) is 6.91. The van der Waals surface area contributed by atoms with Crippen LogP contribution >= 0.6 is 0 Å². The number of aryl methyl sites for hydroxylation is 1. The molecule has 0 spiro atoms. The predicted molar refractivity (Wildman–Crippen MR) is 82.7 cm³/mol. The fourth-order valence-electron chi connectivity index (χ4n) is 2.05. The number of nitrogens with one attached hydrogen (secondary N) is 1. The summed E-state index contributed by atoms with van der Waals surface area (Å²) in [7, 11) is 0. The molecule has 0 amide bonds. The van der Waals surface area contributed by atoms with Crippen LogP contribution in [0.4, 0.5) is 5.82 Å². The first-order chi connectivity index (χ1) is 10.2. The average Bonchev–Trinajstić information content (AvgIpc) is 2.50. The number of anilines is 1. The van der Waals surface area contributed by atoms with Crippen molar-refractivity contribution in [3.8, 4) is 6.07 Å². The topological polar surface area (TPSA) is 87.6 Å². The molecule has 0 aliphatic rings. The number of hydrogen-bond donors (Lipinski definition) is 2. The van der Waals surface area contributed by atoms with Gasteiger partial charge in [-0.15, -0.1) is 5.10 Å². The lowest BCUT2D eigenvalue weighted by atomic mass is 10.1. The third kappa shape index (κ3) is 3.56. The average molecular weight is 281 g/mol. The Hall–Kier alpha value is -2.45. The van der Waals surface area contributed by atoms with E-state index in [2.05, 4.69) is 45.8 Å². The highest BCUT2D eigenvalue weighted by Gasteiger charge is 2.10. The normalized spacial score (nSPS) is 10.2. The van der Waals surface area contributed by atoms with Crippen LogP contribution < -0.4 is 11.1 Å². The Morgan fingerprint density at radius 3 is 2.43 bits per heavy atom. The van der Waals surface area contributed by atoms with Gasteiger partial charge in [0.15, 0.2) is 5.82 Å². The van der Waals surface area contributed by atoms with Crippen molar-refractivity contribution in [1.29, 1.82) is 5.26 Å². The quantitative estimate of drug-likeness (QED) is 0.876. The van der Waals surface area contributed by atoms with Crippen molar-refractivity contribution in [3.63, 3.8) is 0 Å². The molecule has 1 aromatic carbocycles. The summed E-state index contributed by atoms with van der Waals surface area (Å²) in [6.45, 7) is 4.99. The van der Waals surface area contributed by atoms with Crippen LogP contribution in [0.3, 0.4) is 0 Å². The van der Waals surface area contributed by atoms with Gasteiger partial charge in [-0.1, -0.05) is 24.3 Å². The van der Waals surface area contributed by atoms with E-state index in [1.54, 1.807) is 0 Å². The van der Waals surface area contributed by atoms with E-state index >= 15 is 0 Å². The molecule has 5 heteroatoms. The fraction of sp³-hybridized carbons (Fsp3) is 0.312.